The van der Waals surface area contributed by atoms with Gasteiger partial charge in [0.1, 0.15) is 0 Å². The Morgan fingerprint density at radius 3 is 2.76 bits per heavy atom. The minimum atomic E-state index is 0.235. The minimum Gasteiger partial charge on any atom is -0.348 e. The fourth-order valence-corrected chi connectivity index (χ4v) is 2.53. The van der Waals surface area contributed by atoms with Crippen LogP contribution in [0.15, 0.2) is 18.3 Å². The van der Waals surface area contributed by atoms with Crippen molar-refractivity contribution in [3.63, 3.8) is 0 Å². The molecule has 1 fully saturated rings. The zero-order chi connectivity index (χ0) is 12.4. The topological polar surface area (TPSA) is 25.2 Å². The first-order valence-corrected chi connectivity index (χ1v) is 6.45. The second kappa shape index (κ2) is 5.05. The number of likely N-dealkylation sites (tertiary alicyclic amines) is 1. The number of hydrogen-bond donors (Lipinski definition) is 0. The second-order valence-electron chi connectivity index (χ2n) is 5.41. The fraction of sp³-hybridized carbons (Fsp3) is 0.643. The van der Waals surface area contributed by atoms with Gasteiger partial charge in [0.2, 0.25) is 0 Å². The monoisotopic (exact) mass is 234 g/mol. The fourth-order valence-electron chi connectivity index (χ4n) is 2.53. The number of piperidine rings is 1. The Morgan fingerprint density at radius 2 is 2.18 bits per heavy atom. The summed E-state index contributed by atoms with van der Waals surface area (Å²) in [5.41, 5.74) is 0.816. The summed E-state index contributed by atoms with van der Waals surface area (Å²) in [6.45, 7) is 7.26. The van der Waals surface area contributed by atoms with Crippen LogP contribution >= 0.6 is 0 Å². The third-order valence-electron chi connectivity index (χ3n) is 4.01. The average molecular weight is 234 g/mol. The highest BCUT2D eigenvalue weighted by molar-refractivity contribution is 5.96. The lowest BCUT2D eigenvalue weighted by Gasteiger charge is -2.34. The van der Waals surface area contributed by atoms with Gasteiger partial charge in [-0.2, -0.15) is 0 Å². The van der Waals surface area contributed by atoms with Gasteiger partial charge in [-0.05, 0) is 36.9 Å². The summed E-state index contributed by atoms with van der Waals surface area (Å²) in [5, 5.41) is 0. The van der Waals surface area contributed by atoms with E-state index in [1.54, 1.807) is 0 Å². The van der Waals surface area contributed by atoms with Gasteiger partial charge in [0, 0.05) is 19.8 Å². The summed E-state index contributed by atoms with van der Waals surface area (Å²) in [4.78, 5) is 14.4. The van der Waals surface area contributed by atoms with Crippen LogP contribution in [0.3, 0.4) is 0 Å². The molecular weight excluding hydrogens is 212 g/mol. The summed E-state index contributed by atoms with van der Waals surface area (Å²) >= 11 is 0. The largest absolute Gasteiger partial charge is 0.348 e. The first-order chi connectivity index (χ1) is 8.08. The molecule has 3 heteroatoms. The molecule has 1 aliphatic rings. The molecule has 1 aliphatic heterocycles. The van der Waals surface area contributed by atoms with Gasteiger partial charge in [-0.3, -0.25) is 9.69 Å². The number of aryl methyl sites for hydroxylation is 1. The van der Waals surface area contributed by atoms with E-state index in [1.807, 2.05) is 29.9 Å². The molecule has 17 heavy (non-hydrogen) atoms. The molecule has 0 aromatic carbocycles. The number of hydrogen-bond acceptors (Lipinski definition) is 2. The highest BCUT2D eigenvalue weighted by Gasteiger charge is 2.24. The first kappa shape index (κ1) is 12.4. The number of aromatic nitrogens is 1. The van der Waals surface area contributed by atoms with E-state index < -0.39 is 0 Å². The van der Waals surface area contributed by atoms with Crippen molar-refractivity contribution in [1.82, 2.24) is 9.47 Å². The van der Waals surface area contributed by atoms with Crippen LogP contribution in [0, 0.1) is 11.8 Å². The van der Waals surface area contributed by atoms with E-state index >= 15 is 0 Å². The molecule has 0 aliphatic carbocycles. The lowest BCUT2D eigenvalue weighted by atomic mass is 9.88. The maximum atomic E-state index is 12.1. The lowest BCUT2D eigenvalue weighted by Crippen LogP contribution is -2.41. The van der Waals surface area contributed by atoms with Gasteiger partial charge in [-0.25, -0.2) is 0 Å². The zero-order valence-corrected chi connectivity index (χ0v) is 11.0. The molecule has 0 spiro atoms. The zero-order valence-electron chi connectivity index (χ0n) is 11.0. The molecule has 0 amide bonds. The molecule has 1 saturated heterocycles. The SMILES string of the molecule is CC1CCN(CC(=O)c2cccn2C)CC1C. The summed E-state index contributed by atoms with van der Waals surface area (Å²) in [6.07, 6.45) is 3.13. The van der Waals surface area contributed by atoms with Gasteiger partial charge in [-0.15, -0.1) is 0 Å². The van der Waals surface area contributed by atoms with Crippen molar-refractivity contribution in [3.05, 3.63) is 24.0 Å². The van der Waals surface area contributed by atoms with Crippen molar-refractivity contribution in [2.24, 2.45) is 18.9 Å². The molecule has 3 nitrogen and oxygen atoms in total. The molecule has 0 bridgehead atoms. The Hall–Kier alpha value is -1.09. The highest BCUT2D eigenvalue weighted by Crippen LogP contribution is 2.22. The quantitative estimate of drug-likeness (QED) is 0.749. The van der Waals surface area contributed by atoms with E-state index in [1.165, 1.54) is 6.42 Å². The summed E-state index contributed by atoms with van der Waals surface area (Å²) in [5.74, 6) is 1.72. The van der Waals surface area contributed by atoms with E-state index in [4.69, 9.17) is 0 Å². The second-order valence-corrected chi connectivity index (χ2v) is 5.41. The van der Waals surface area contributed by atoms with Gasteiger partial charge in [0.25, 0.3) is 0 Å². The Balaban J connectivity index is 1.94. The smallest absolute Gasteiger partial charge is 0.193 e. The molecule has 2 atom stereocenters. The van der Waals surface area contributed by atoms with E-state index in [0.717, 1.165) is 24.7 Å². The Morgan fingerprint density at radius 1 is 1.41 bits per heavy atom. The average Bonchev–Trinajstić information content (AvgIpc) is 2.70. The minimum absolute atomic E-state index is 0.235. The lowest BCUT2D eigenvalue weighted by molar-refractivity contribution is 0.0841. The van der Waals surface area contributed by atoms with Gasteiger partial charge in [0.05, 0.1) is 12.2 Å². The number of ketones is 1. The predicted octanol–water partition coefficient (Wildman–Crippen LogP) is 2.19. The summed E-state index contributed by atoms with van der Waals surface area (Å²) in [6, 6.07) is 3.83. The number of Topliss-reactive ketones (excluding diaryl/α,β-unsaturated/α-hetero) is 1. The molecule has 1 aromatic rings. The van der Waals surface area contributed by atoms with Crippen molar-refractivity contribution in [3.8, 4) is 0 Å². The van der Waals surface area contributed by atoms with Crippen molar-refractivity contribution < 1.29 is 4.79 Å². The molecule has 0 N–H and O–H groups in total. The first-order valence-electron chi connectivity index (χ1n) is 6.45. The van der Waals surface area contributed by atoms with Crippen LogP contribution in [0.25, 0.3) is 0 Å². The predicted molar refractivity (Wildman–Crippen MR) is 69.1 cm³/mol. The van der Waals surface area contributed by atoms with Crippen LogP contribution < -0.4 is 0 Å². The van der Waals surface area contributed by atoms with E-state index in [2.05, 4.69) is 18.7 Å². The van der Waals surface area contributed by atoms with Crippen LogP contribution in [-0.2, 0) is 7.05 Å². The van der Waals surface area contributed by atoms with E-state index in [-0.39, 0.29) is 5.78 Å². The maximum Gasteiger partial charge on any atom is 0.193 e. The Labute approximate surface area is 103 Å². The maximum absolute atomic E-state index is 12.1. The molecule has 94 valence electrons. The molecule has 2 rings (SSSR count). The summed E-state index contributed by atoms with van der Waals surface area (Å²) < 4.78 is 1.90. The highest BCUT2D eigenvalue weighted by atomic mass is 16.1. The van der Waals surface area contributed by atoms with E-state index in [0.29, 0.717) is 12.5 Å². The van der Waals surface area contributed by atoms with Crippen LogP contribution in [-0.4, -0.2) is 34.9 Å². The molecule has 0 saturated carbocycles. The van der Waals surface area contributed by atoms with Gasteiger partial charge in [-0.1, -0.05) is 13.8 Å². The molecular formula is C14H22N2O. The van der Waals surface area contributed by atoms with Gasteiger partial charge in [0.15, 0.2) is 5.78 Å². The normalized spacial score (nSPS) is 26.1. The van der Waals surface area contributed by atoms with Gasteiger partial charge < -0.3 is 4.57 Å². The molecule has 2 unspecified atom stereocenters. The molecule has 1 aromatic heterocycles. The standard InChI is InChI=1S/C14H22N2O/c1-11-6-8-16(9-12(11)2)10-14(17)13-5-4-7-15(13)3/h4-5,7,11-12H,6,8-10H2,1-3H3. The number of nitrogens with zero attached hydrogens (tertiary/aromatic N) is 2. The number of rotatable bonds is 3. The molecule has 2 heterocycles. The molecule has 0 radical (unpaired) electrons. The van der Waals surface area contributed by atoms with Crippen molar-refractivity contribution in [2.45, 2.75) is 20.3 Å². The van der Waals surface area contributed by atoms with Crippen molar-refractivity contribution in [1.29, 1.82) is 0 Å². The van der Waals surface area contributed by atoms with Gasteiger partial charge >= 0.3 is 0 Å². The Kier molecular flexibility index (Phi) is 3.67. The third-order valence-corrected chi connectivity index (χ3v) is 4.01. The Bertz CT molecular complexity index is 397. The third kappa shape index (κ3) is 2.78. The van der Waals surface area contributed by atoms with Crippen LogP contribution in [0.4, 0.5) is 0 Å². The number of carbonyl (C=O) groups is 1. The van der Waals surface area contributed by atoms with Crippen LogP contribution in [0.1, 0.15) is 30.8 Å². The summed E-state index contributed by atoms with van der Waals surface area (Å²) in [7, 11) is 1.92. The van der Waals surface area contributed by atoms with Crippen LogP contribution in [0.2, 0.25) is 0 Å². The van der Waals surface area contributed by atoms with Crippen molar-refractivity contribution >= 4 is 5.78 Å². The van der Waals surface area contributed by atoms with E-state index in [9.17, 15) is 4.79 Å². The van der Waals surface area contributed by atoms with Crippen molar-refractivity contribution in [2.75, 3.05) is 19.6 Å². The van der Waals surface area contributed by atoms with Crippen LogP contribution in [0.5, 0.6) is 0 Å². The number of carbonyl (C=O) groups excluding carboxylic acids is 1.